The Kier molecular flexibility index (Phi) is 6.36. The van der Waals surface area contributed by atoms with E-state index in [1.54, 1.807) is 56.8 Å². The Labute approximate surface area is 185 Å². The normalized spacial score (nSPS) is 10.4. The fraction of sp³-hybridized carbons (Fsp3) is 0.120. The van der Waals surface area contributed by atoms with Crippen LogP contribution in [0.1, 0.15) is 5.56 Å². The van der Waals surface area contributed by atoms with Gasteiger partial charge in [-0.2, -0.15) is 0 Å². The van der Waals surface area contributed by atoms with Crippen LogP contribution in [-0.2, 0) is 11.3 Å². The summed E-state index contributed by atoms with van der Waals surface area (Å²) in [7, 11) is 3.16. The summed E-state index contributed by atoms with van der Waals surface area (Å²) in [6.07, 6.45) is 1.14. The molecule has 1 amide bonds. The van der Waals surface area contributed by atoms with Crippen molar-refractivity contribution in [1.29, 1.82) is 0 Å². The molecule has 0 unspecified atom stereocenters. The van der Waals surface area contributed by atoms with Crippen LogP contribution in [0.25, 0.3) is 10.9 Å². The molecule has 0 spiro atoms. The minimum Gasteiger partial charge on any atom is -0.493 e. The molecule has 0 saturated heterocycles. The summed E-state index contributed by atoms with van der Waals surface area (Å²) in [5, 5.41) is 3.49. The number of carbonyl (C=O) groups excluding carboxylic acids is 1. The Morgan fingerprint density at radius 3 is 2.31 bits per heavy atom. The lowest BCUT2D eigenvalue weighted by molar-refractivity contribution is 0.155. The molecule has 1 N–H and O–H groups in total. The standard InChI is InChI=1S/C25H22N2O5/c1-29-23-14-20-21(15-24(23)30-2)26-13-12-22(20)32-19-10-8-18(9-11-19)27-25(28)31-16-17-6-4-3-5-7-17/h3-15H,16H2,1-2H3,(H,27,28). The second-order valence-corrected chi connectivity index (χ2v) is 6.85. The summed E-state index contributed by atoms with van der Waals surface area (Å²) in [5.74, 6) is 2.42. The van der Waals surface area contributed by atoms with E-state index in [1.807, 2.05) is 36.4 Å². The van der Waals surface area contributed by atoms with Crippen LogP contribution in [0.4, 0.5) is 10.5 Å². The molecule has 4 aromatic rings. The van der Waals surface area contributed by atoms with E-state index in [9.17, 15) is 4.79 Å². The number of carbonyl (C=O) groups is 1. The van der Waals surface area contributed by atoms with Crippen molar-refractivity contribution in [2.24, 2.45) is 0 Å². The maximum atomic E-state index is 12.0. The second-order valence-electron chi connectivity index (χ2n) is 6.85. The van der Waals surface area contributed by atoms with E-state index in [0.29, 0.717) is 28.7 Å². The molecule has 1 aromatic heterocycles. The predicted octanol–water partition coefficient (Wildman–Crippen LogP) is 5.79. The first kappa shape index (κ1) is 21.0. The minimum atomic E-state index is -0.524. The van der Waals surface area contributed by atoms with Crippen LogP contribution < -0.4 is 19.5 Å². The van der Waals surface area contributed by atoms with Crippen molar-refractivity contribution in [3.8, 4) is 23.0 Å². The first-order valence-electron chi connectivity index (χ1n) is 9.92. The molecule has 4 rings (SSSR count). The molecule has 1 heterocycles. The number of fused-ring (bicyclic) bond motifs is 1. The summed E-state index contributed by atoms with van der Waals surface area (Å²) in [6, 6.07) is 21.9. The lowest BCUT2D eigenvalue weighted by Crippen LogP contribution is -2.13. The van der Waals surface area contributed by atoms with Gasteiger partial charge in [0.1, 0.15) is 18.1 Å². The maximum Gasteiger partial charge on any atom is 0.411 e. The number of nitrogens with one attached hydrogen (secondary N) is 1. The molecule has 0 radical (unpaired) electrons. The van der Waals surface area contributed by atoms with Crippen LogP contribution in [0, 0.1) is 0 Å². The number of aromatic nitrogens is 1. The quantitative estimate of drug-likeness (QED) is 0.400. The predicted molar refractivity (Wildman–Crippen MR) is 122 cm³/mol. The number of anilines is 1. The monoisotopic (exact) mass is 430 g/mol. The molecule has 0 fully saturated rings. The lowest BCUT2D eigenvalue weighted by Gasteiger charge is -2.12. The van der Waals surface area contributed by atoms with Gasteiger partial charge >= 0.3 is 6.09 Å². The number of ether oxygens (including phenoxy) is 4. The van der Waals surface area contributed by atoms with Gasteiger partial charge in [0.05, 0.1) is 19.7 Å². The third-order valence-electron chi connectivity index (χ3n) is 4.75. The zero-order valence-electron chi connectivity index (χ0n) is 17.7. The Morgan fingerprint density at radius 1 is 0.875 bits per heavy atom. The Balaban J connectivity index is 1.43. The van der Waals surface area contributed by atoms with Crippen molar-refractivity contribution >= 4 is 22.7 Å². The molecule has 7 nitrogen and oxygen atoms in total. The molecule has 0 aliphatic carbocycles. The highest BCUT2D eigenvalue weighted by molar-refractivity contribution is 5.88. The van der Waals surface area contributed by atoms with E-state index in [4.69, 9.17) is 18.9 Å². The van der Waals surface area contributed by atoms with Crippen molar-refractivity contribution in [1.82, 2.24) is 4.98 Å². The Morgan fingerprint density at radius 2 is 1.59 bits per heavy atom. The van der Waals surface area contributed by atoms with Crippen molar-refractivity contribution in [3.05, 3.63) is 84.6 Å². The second kappa shape index (κ2) is 9.70. The molecule has 0 bridgehead atoms. The molecule has 0 aliphatic heterocycles. The van der Waals surface area contributed by atoms with Gasteiger partial charge in [-0.1, -0.05) is 30.3 Å². The van der Waals surface area contributed by atoms with Gasteiger partial charge in [-0.15, -0.1) is 0 Å². The average molecular weight is 430 g/mol. The number of hydrogen-bond acceptors (Lipinski definition) is 6. The number of nitrogens with zero attached hydrogens (tertiary/aromatic N) is 1. The summed E-state index contributed by atoms with van der Waals surface area (Å²) in [5.41, 5.74) is 2.24. The summed E-state index contributed by atoms with van der Waals surface area (Å²) in [6.45, 7) is 0.206. The molecule has 162 valence electrons. The number of amides is 1. The number of rotatable bonds is 7. The zero-order valence-corrected chi connectivity index (χ0v) is 17.7. The molecular formula is C25H22N2O5. The van der Waals surface area contributed by atoms with Gasteiger partial charge in [-0.05, 0) is 42.0 Å². The van der Waals surface area contributed by atoms with Gasteiger partial charge in [0.15, 0.2) is 11.5 Å². The number of methoxy groups -OCH3 is 2. The van der Waals surface area contributed by atoms with Gasteiger partial charge in [0, 0.05) is 23.3 Å². The minimum absolute atomic E-state index is 0.206. The van der Waals surface area contributed by atoms with E-state index < -0.39 is 6.09 Å². The van der Waals surface area contributed by atoms with Crippen LogP contribution in [0.3, 0.4) is 0 Å². The fourth-order valence-corrected chi connectivity index (χ4v) is 3.15. The van der Waals surface area contributed by atoms with Gasteiger partial charge in [0.2, 0.25) is 0 Å². The smallest absolute Gasteiger partial charge is 0.411 e. The highest BCUT2D eigenvalue weighted by atomic mass is 16.5. The summed E-state index contributed by atoms with van der Waals surface area (Å²) < 4.78 is 22.0. The molecular weight excluding hydrogens is 408 g/mol. The van der Waals surface area contributed by atoms with Crippen LogP contribution in [0.2, 0.25) is 0 Å². The van der Waals surface area contributed by atoms with Gasteiger partial charge in [-0.25, -0.2) is 4.79 Å². The van der Waals surface area contributed by atoms with Crippen molar-refractivity contribution in [2.75, 3.05) is 19.5 Å². The SMILES string of the molecule is COc1cc2nccc(Oc3ccc(NC(=O)OCc4ccccc4)cc3)c2cc1OC. The van der Waals surface area contributed by atoms with Crippen LogP contribution in [-0.4, -0.2) is 25.3 Å². The largest absolute Gasteiger partial charge is 0.493 e. The highest BCUT2D eigenvalue weighted by Crippen LogP contribution is 2.36. The van der Waals surface area contributed by atoms with E-state index in [0.717, 1.165) is 16.5 Å². The molecule has 0 saturated carbocycles. The van der Waals surface area contributed by atoms with E-state index in [1.165, 1.54) is 0 Å². The van der Waals surface area contributed by atoms with Crippen LogP contribution in [0.15, 0.2) is 79.0 Å². The fourth-order valence-electron chi connectivity index (χ4n) is 3.15. The topological polar surface area (TPSA) is 78.9 Å². The molecule has 7 heteroatoms. The van der Waals surface area contributed by atoms with Crippen molar-refractivity contribution < 1.29 is 23.7 Å². The number of benzene rings is 3. The van der Waals surface area contributed by atoms with Gasteiger partial charge in [0.25, 0.3) is 0 Å². The Hall–Kier alpha value is -4.26. The third-order valence-corrected chi connectivity index (χ3v) is 4.75. The van der Waals surface area contributed by atoms with Gasteiger partial charge in [-0.3, -0.25) is 10.3 Å². The van der Waals surface area contributed by atoms with Gasteiger partial charge < -0.3 is 18.9 Å². The first-order chi connectivity index (χ1) is 15.7. The van der Waals surface area contributed by atoms with Crippen molar-refractivity contribution in [3.63, 3.8) is 0 Å². The average Bonchev–Trinajstić information content (AvgIpc) is 2.84. The van der Waals surface area contributed by atoms with Crippen LogP contribution in [0.5, 0.6) is 23.0 Å². The maximum absolute atomic E-state index is 12.0. The number of pyridine rings is 1. The lowest BCUT2D eigenvalue weighted by atomic mass is 10.2. The van der Waals surface area contributed by atoms with E-state index >= 15 is 0 Å². The summed E-state index contributed by atoms with van der Waals surface area (Å²) >= 11 is 0. The van der Waals surface area contributed by atoms with Crippen molar-refractivity contribution in [2.45, 2.75) is 6.61 Å². The van der Waals surface area contributed by atoms with E-state index in [2.05, 4.69) is 10.3 Å². The summed E-state index contributed by atoms with van der Waals surface area (Å²) in [4.78, 5) is 16.4. The molecule has 3 aromatic carbocycles. The van der Waals surface area contributed by atoms with E-state index in [-0.39, 0.29) is 6.61 Å². The zero-order chi connectivity index (χ0) is 22.3. The number of hydrogen-bond donors (Lipinski definition) is 1. The van der Waals surface area contributed by atoms with Crippen LogP contribution >= 0.6 is 0 Å². The third kappa shape index (κ3) is 4.89. The molecule has 0 atom stereocenters. The Bertz CT molecular complexity index is 1210. The molecule has 0 aliphatic rings. The first-order valence-corrected chi connectivity index (χ1v) is 9.92. The highest BCUT2D eigenvalue weighted by Gasteiger charge is 2.11. The molecule has 32 heavy (non-hydrogen) atoms.